The first-order valence-electron chi connectivity index (χ1n) is 6.14. The molecule has 1 aromatic rings. The maximum atomic E-state index is 6.14. The zero-order valence-corrected chi connectivity index (χ0v) is 9.21. The molecule has 3 rings (SSSR count). The first-order valence-corrected chi connectivity index (χ1v) is 6.14. The Balaban J connectivity index is 1.68. The van der Waals surface area contributed by atoms with Crippen LogP contribution in [0.4, 0.5) is 0 Å². The lowest BCUT2D eigenvalue weighted by Gasteiger charge is -2.14. The molecule has 0 aromatic heterocycles. The summed E-state index contributed by atoms with van der Waals surface area (Å²) in [5.74, 6) is 0.794. The molecule has 0 radical (unpaired) electrons. The van der Waals surface area contributed by atoms with Crippen LogP contribution in [-0.2, 0) is 6.42 Å². The van der Waals surface area contributed by atoms with Gasteiger partial charge >= 0.3 is 0 Å². The van der Waals surface area contributed by atoms with E-state index in [1.807, 2.05) is 0 Å². The number of fused-ring (bicyclic) bond motifs is 1. The quantitative estimate of drug-likeness (QED) is 0.799. The van der Waals surface area contributed by atoms with Crippen LogP contribution in [0.5, 0.6) is 0 Å². The standard InChI is InChI=1S/C14H19N/c15-14(9-10-14)8-7-12-6-5-11-3-1-2-4-13(11)12/h1-4,12H,5-10,15H2. The predicted octanol–water partition coefficient (Wildman–Crippen LogP) is 2.99. The summed E-state index contributed by atoms with van der Waals surface area (Å²) in [5, 5.41) is 0. The topological polar surface area (TPSA) is 26.0 Å². The summed E-state index contributed by atoms with van der Waals surface area (Å²) < 4.78 is 0. The number of nitrogens with two attached hydrogens (primary N) is 1. The minimum Gasteiger partial charge on any atom is -0.325 e. The summed E-state index contributed by atoms with van der Waals surface area (Å²) in [6.45, 7) is 0. The van der Waals surface area contributed by atoms with Crippen LogP contribution in [0.1, 0.15) is 49.1 Å². The molecule has 15 heavy (non-hydrogen) atoms. The first kappa shape index (κ1) is 9.41. The molecule has 0 amide bonds. The van der Waals surface area contributed by atoms with Crippen molar-refractivity contribution in [2.45, 2.75) is 50.0 Å². The van der Waals surface area contributed by atoms with Gasteiger partial charge in [-0.25, -0.2) is 0 Å². The third kappa shape index (κ3) is 1.81. The lowest BCUT2D eigenvalue weighted by atomic mass is 9.93. The van der Waals surface area contributed by atoms with Gasteiger partial charge in [-0.3, -0.25) is 0 Å². The molecule has 2 N–H and O–H groups in total. The van der Waals surface area contributed by atoms with Crippen LogP contribution in [-0.4, -0.2) is 5.54 Å². The maximum absolute atomic E-state index is 6.14. The Morgan fingerprint density at radius 1 is 1.27 bits per heavy atom. The summed E-state index contributed by atoms with van der Waals surface area (Å²) in [7, 11) is 0. The molecule has 0 aliphatic heterocycles. The highest BCUT2D eigenvalue weighted by Crippen LogP contribution is 2.42. The second-order valence-corrected chi connectivity index (χ2v) is 5.34. The molecule has 1 atom stereocenters. The Morgan fingerprint density at radius 3 is 2.87 bits per heavy atom. The van der Waals surface area contributed by atoms with Gasteiger partial charge < -0.3 is 5.73 Å². The third-order valence-corrected chi connectivity index (χ3v) is 4.14. The van der Waals surface area contributed by atoms with Crippen molar-refractivity contribution in [3.05, 3.63) is 35.4 Å². The van der Waals surface area contributed by atoms with E-state index < -0.39 is 0 Å². The maximum Gasteiger partial charge on any atom is 0.0155 e. The van der Waals surface area contributed by atoms with Gasteiger partial charge in [0.05, 0.1) is 0 Å². The SMILES string of the molecule is NC1(CCC2CCc3ccccc32)CC1. The average molecular weight is 201 g/mol. The molecular weight excluding hydrogens is 182 g/mol. The van der Waals surface area contributed by atoms with E-state index in [9.17, 15) is 0 Å². The van der Waals surface area contributed by atoms with E-state index in [0.717, 1.165) is 5.92 Å². The van der Waals surface area contributed by atoms with Crippen molar-refractivity contribution >= 4 is 0 Å². The summed E-state index contributed by atoms with van der Waals surface area (Å²) in [6, 6.07) is 8.92. The minimum absolute atomic E-state index is 0.234. The van der Waals surface area contributed by atoms with Crippen LogP contribution >= 0.6 is 0 Å². The molecule has 2 aliphatic carbocycles. The highest BCUT2D eigenvalue weighted by atomic mass is 14.8. The van der Waals surface area contributed by atoms with Crippen LogP contribution in [0.3, 0.4) is 0 Å². The Kier molecular flexibility index (Phi) is 2.10. The van der Waals surface area contributed by atoms with E-state index >= 15 is 0 Å². The molecular formula is C14H19N. The summed E-state index contributed by atoms with van der Waals surface area (Å²) in [6.07, 6.45) is 7.65. The molecule has 1 unspecified atom stereocenters. The number of hydrogen-bond donors (Lipinski definition) is 1. The molecule has 1 saturated carbocycles. The molecule has 0 spiro atoms. The molecule has 0 heterocycles. The van der Waals surface area contributed by atoms with Gasteiger partial charge in [-0.15, -0.1) is 0 Å². The zero-order chi connectivity index (χ0) is 10.3. The Hall–Kier alpha value is -0.820. The number of hydrogen-bond acceptors (Lipinski definition) is 1. The highest BCUT2D eigenvalue weighted by Gasteiger charge is 2.38. The molecule has 0 saturated heterocycles. The van der Waals surface area contributed by atoms with Crippen molar-refractivity contribution < 1.29 is 0 Å². The normalized spacial score (nSPS) is 26.3. The van der Waals surface area contributed by atoms with Crippen LogP contribution < -0.4 is 5.73 Å². The lowest BCUT2D eigenvalue weighted by Crippen LogP contribution is -2.21. The van der Waals surface area contributed by atoms with Crippen molar-refractivity contribution in [2.24, 2.45) is 5.73 Å². The van der Waals surface area contributed by atoms with Gasteiger partial charge in [0.2, 0.25) is 0 Å². The van der Waals surface area contributed by atoms with Crippen molar-refractivity contribution in [3.63, 3.8) is 0 Å². The van der Waals surface area contributed by atoms with Gasteiger partial charge in [-0.1, -0.05) is 24.3 Å². The molecule has 0 bridgehead atoms. The predicted molar refractivity (Wildman–Crippen MR) is 62.9 cm³/mol. The molecule has 2 aliphatic rings. The van der Waals surface area contributed by atoms with Crippen molar-refractivity contribution in [2.75, 3.05) is 0 Å². The van der Waals surface area contributed by atoms with Crippen LogP contribution in [0.25, 0.3) is 0 Å². The second kappa shape index (κ2) is 3.34. The largest absolute Gasteiger partial charge is 0.325 e. The minimum atomic E-state index is 0.234. The van der Waals surface area contributed by atoms with Crippen LogP contribution in [0.2, 0.25) is 0 Å². The van der Waals surface area contributed by atoms with Gasteiger partial charge in [0.1, 0.15) is 0 Å². The van der Waals surface area contributed by atoms with Gasteiger partial charge in [0, 0.05) is 5.54 Å². The van der Waals surface area contributed by atoms with Gasteiger partial charge in [0.15, 0.2) is 0 Å². The van der Waals surface area contributed by atoms with Gasteiger partial charge in [-0.2, -0.15) is 0 Å². The van der Waals surface area contributed by atoms with Crippen molar-refractivity contribution in [1.29, 1.82) is 0 Å². The lowest BCUT2D eigenvalue weighted by molar-refractivity contribution is 0.511. The van der Waals surface area contributed by atoms with E-state index in [4.69, 9.17) is 5.73 Å². The molecule has 1 aromatic carbocycles. The van der Waals surface area contributed by atoms with Crippen LogP contribution in [0, 0.1) is 0 Å². The fourth-order valence-corrected chi connectivity index (χ4v) is 2.82. The Morgan fingerprint density at radius 2 is 2.07 bits per heavy atom. The summed E-state index contributed by atoms with van der Waals surface area (Å²) in [5.41, 5.74) is 9.55. The monoisotopic (exact) mass is 201 g/mol. The Labute approximate surface area is 91.7 Å². The van der Waals surface area contributed by atoms with E-state index in [1.165, 1.54) is 38.5 Å². The van der Waals surface area contributed by atoms with E-state index in [-0.39, 0.29) is 5.54 Å². The number of benzene rings is 1. The second-order valence-electron chi connectivity index (χ2n) is 5.34. The summed E-state index contributed by atoms with van der Waals surface area (Å²) >= 11 is 0. The van der Waals surface area contributed by atoms with Gasteiger partial charge in [-0.05, 0) is 55.6 Å². The highest BCUT2D eigenvalue weighted by molar-refractivity contribution is 5.34. The smallest absolute Gasteiger partial charge is 0.0155 e. The van der Waals surface area contributed by atoms with E-state index in [2.05, 4.69) is 24.3 Å². The Bertz CT molecular complexity index is 365. The molecule has 1 fully saturated rings. The van der Waals surface area contributed by atoms with Crippen molar-refractivity contribution in [1.82, 2.24) is 0 Å². The fraction of sp³-hybridized carbons (Fsp3) is 0.571. The van der Waals surface area contributed by atoms with E-state index in [0.29, 0.717) is 0 Å². The average Bonchev–Trinajstić information content (AvgIpc) is 2.86. The molecule has 1 nitrogen and oxygen atoms in total. The number of rotatable bonds is 3. The number of aryl methyl sites for hydroxylation is 1. The van der Waals surface area contributed by atoms with E-state index in [1.54, 1.807) is 11.1 Å². The zero-order valence-electron chi connectivity index (χ0n) is 9.21. The van der Waals surface area contributed by atoms with Crippen LogP contribution in [0.15, 0.2) is 24.3 Å². The van der Waals surface area contributed by atoms with Gasteiger partial charge in [0.25, 0.3) is 0 Å². The molecule has 80 valence electrons. The summed E-state index contributed by atoms with van der Waals surface area (Å²) in [4.78, 5) is 0. The first-order chi connectivity index (χ1) is 7.27. The third-order valence-electron chi connectivity index (χ3n) is 4.14. The fourth-order valence-electron chi connectivity index (χ4n) is 2.82. The molecule has 1 heteroatoms. The van der Waals surface area contributed by atoms with Crippen molar-refractivity contribution in [3.8, 4) is 0 Å².